The molecule has 1 aliphatic carbocycles. The molecule has 1 amide bonds. The Balaban J connectivity index is 1.51. The minimum absolute atomic E-state index is 0.00920. The molecule has 0 bridgehead atoms. The number of aromatic nitrogens is 1. The first kappa shape index (κ1) is 12.6. The lowest BCUT2D eigenvalue weighted by molar-refractivity contribution is -0.123. The molecule has 4 heteroatoms. The lowest BCUT2D eigenvalue weighted by Gasteiger charge is -2.24. The third kappa shape index (κ3) is 2.95. The molecule has 1 aromatic heterocycles. The number of nitrogens with zero attached hydrogens (tertiary/aromatic N) is 1. The maximum atomic E-state index is 12.2. The second-order valence-electron chi connectivity index (χ2n) is 5.68. The quantitative estimate of drug-likeness (QED) is 0.867. The highest BCUT2D eigenvalue weighted by Crippen LogP contribution is 2.33. The molecule has 3 rings (SSSR count). The van der Waals surface area contributed by atoms with Crippen LogP contribution < -0.4 is 10.6 Å². The van der Waals surface area contributed by atoms with Crippen molar-refractivity contribution in [1.29, 1.82) is 0 Å². The van der Waals surface area contributed by atoms with Crippen molar-refractivity contribution in [2.24, 2.45) is 5.92 Å². The van der Waals surface area contributed by atoms with E-state index in [0.717, 1.165) is 12.0 Å². The van der Waals surface area contributed by atoms with Crippen molar-refractivity contribution in [2.45, 2.75) is 50.7 Å². The first-order chi connectivity index (χ1) is 9.33. The Kier molecular flexibility index (Phi) is 3.78. The summed E-state index contributed by atoms with van der Waals surface area (Å²) in [7, 11) is 0. The van der Waals surface area contributed by atoms with Gasteiger partial charge in [0.2, 0.25) is 5.91 Å². The molecular weight excluding hydrogens is 238 g/mol. The molecule has 1 saturated heterocycles. The van der Waals surface area contributed by atoms with Crippen molar-refractivity contribution in [3.05, 3.63) is 30.1 Å². The zero-order valence-electron chi connectivity index (χ0n) is 11.1. The van der Waals surface area contributed by atoms with Gasteiger partial charge in [0.05, 0.1) is 6.04 Å². The summed E-state index contributed by atoms with van der Waals surface area (Å²) in [6, 6.07) is 4.45. The summed E-state index contributed by atoms with van der Waals surface area (Å²) < 4.78 is 0. The van der Waals surface area contributed by atoms with Crippen molar-refractivity contribution in [1.82, 2.24) is 15.6 Å². The first-order valence-electron chi connectivity index (χ1n) is 7.25. The Bertz CT molecular complexity index is 420. The molecule has 102 valence electrons. The zero-order valence-corrected chi connectivity index (χ0v) is 11.1. The number of carbonyl (C=O) groups is 1. The van der Waals surface area contributed by atoms with Crippen molar-refractivity contribution in [3.63, 3.8) is 0 Å². The number of carbonyl (C=O) groups excluding carboxylic acids is 1. The van der Waals surface area contributed by atoms with Gasteiger partial charge in [-0.05, 0) is 42.9 Å². The molecular formula is C15H21N3O. The fraction of sp³-hybridized carbons (Fsp3) is 0.600. The maximum Gasteiger partial charge on any atom is 0.237 e. The number of hydrogen-bond donors (Lipinski definition) is 2. The minimum Gasteiger partial charge on any atom is -0.351 e. The summed E-state index contributed by atoms with van der Waals surface area (Å²) in [6.45, 7) is 0.592. The number of amides is 1. The number of rotatable bonds is 3. The molecule has 0 radical (unpaired) electrons. The van der Waals surface area contributed by atoms with E-state index in [0.29, 0.717) is 18.5 Å². The highest BCUT2D eigenvalue weighted by Gasteiger charge is 2.37. The standard InChI is InChI=1S/C15H21N3O/c19-15(17-10-11-5-7-16-8-6-11)14-9-12-3-1-2-4-13(12)18-14/h5-8,12-14,18H,1-4,9-10H2,(H,17,19). The topological polar surface area (TPSA) is 54.0 Å². The molecule has 19 heavy (non-hydrogen) atoms. The largest absolute Gasteiger partial charge is 0.351 e. The van der Waals surface area contributed by atoms with Crippen LogP contribution in [0.2, 0.25) is 0 Å². The molecule has 3 atom stereocenters. The van der Waals surface area contributed by atoms with Gasteiger partial charge in [-0.3, -0.25) is 9.78 Å². The summed E-state index contributed by atoms with van der Waals surface area (Å²) in [5.74, 6) is 0.858. The highest BCUT2D eigenvalue weighted by atomic mass is 16.2. The van der Waals surface area contributed by atoms with Crippen molar-refractivity contribution >= 4 is 5.91 Å². The van der Waals surface area contributed by atoms with Crippen LogP contribution in [0.15, 0.2) is 24.5 Å². The SMILES string of the molecule is O=C(NCc1ccncc1)C1CC2CCCCC2N1. The van der Waals surface area contributed by atoms with Gasteiger partial charge >= 0.3 is 0 Å². The molecule has 1 aromatic rings. The van der Waals surface area contributed by atoms with Gasteiger partial charge < -0.3 is 10.6 Å². The Hall–Kier alpha value is -1.42. The van der Waals surface area contributed by atoms with Crippen LogP contribution in [-0.4, -0.2) is 23.0 Å². The van der Waals surface area contributed by atoms with E-state index in [9.17, 15) is 4.79 Å². The summed E-state index contributed by atoms with van der Waals surface area (Å²) in [5, 5.41) is 6.53. The van der Waals surface area contributed by atoms with E-state index in [4.69, 9.17) is 0 Å². The predicted octanol–water partition coefficient (Wildman–Crippen LogP) is 1.62. The van der Waals surface area contributed by atoms with E-state index < -0.39 is 0 Å². The molecule has 1 saturated carbocycles. The van der Waals surface area contributed by atoms with Gasteiger partial charge in [0.25, 0.3) is 0 Å². The number of hydrogen-bond acceptors (Lipinski definition) is 3. The summed E-state index contributed by atoms with van der Waals surface area (Å²) in [5.41, 5.74) is 1.10. The highest BCUT2D eigenvalue weighted by molar-refractivity contribution is 5.82. The van der Waals surface area contributed by atoms with Gasteiger partial charge in [-0.25, -0.2) is 0 Å². The van der Waals surface area contributed by atoms with E-state index in [1.54, 1.807) is 12.4 Å². The van der Waals surface area contributed by atoms with Gasteiger partial charge in [0, 0.05) is 25.0 Å². The van der Waals surface area contributed by atoms with Crippen molar-refractivity contribution in [2.75, 3.05) is 0 Å². The average Bonchev–Trinajstić information content (AvgIpc) is 2.90. The van der Waals surface area contributed by atoms with Gasteiger partial charge in [0.1, 0.15) is 0 Å². The molecule has 1 aliphatic heterocycles. The first-order valence-corrected chi connectivity index (χ1v) is 7.25. The molecule has 2 fully saturated rings. The Morgan fingerprint density at radius 3 is 2.89 bits per heavy atom. The predicted molar refractivity (Wildman–Crippen MR) is 73.4 cm³/mol. The van der Waals surface area contributed by atoms with Crippen LogP contribution in [0.5, 0.6) is 0 Å². The molecule has 0 aromatic carbocycles. The molecule has 3 unspecified atom stereocenters. The third-order valence-corrected chi connectivity index (χ3v) is 4.40. The maximum absolute atomic E-state index is 12.2. The van der Waals surface area contributed by atoms with Gasteiger partial charge in [-0.1, -0.05) is 12.8 Å². The minimum atomic E-state index is 0.00920. The van der Waals surface area contributed by atoms with E-state index >= 15 is 0 Å². The fourth-order valence-corrected chi connectivity index (χ4v) is 3.33. The Morgan fingerprint density at radius 1 is 1.32 bits per heavy atom. The van der Waals surface area contributed by atoms with Crippen molar-refractivity contribution in [3.8, 4) is 0 Å². The van der Waals surface area contributed by atoms with Gasteiger partial charge in [-0.15, -0.1) is 0 Å². The second-order valence-corrected chi connectivity index (χ2v) is 5.68. The number of fused-ring (bicyclic) bond motifs is 1. The smallest absolute Gasteiger partial charge is 0.237 e. The van der Waals surface area contributed by atoms with Crippen LogP contribution in [-0.2, 0) is 11.3 Å². The Morgan fingerprint density at radius 2 is 2.11 bits per heavy atom. The van der Waals surface area contributed by atoms with Gasteiger partial charge in [-0.2, -0.15) is 0 Å². The number of nitrogens with one attached hydrogen (secondary N) is 2. The molecule has 2 heterocycles. The monoisotopic (exact) mass is 259 g/mol. The second kappa shape index (κ2) is 5.70. The molecule has 2 N–H and O–H groups in total. The molecule has 0 spiro atoms. The third-order valence-electron chi connectivity index (χ3n) is 4.40. The van der Waals surface area contributed by atoms with Crippen molar-refractivity contribution < 1.29 is 4.79 Å². The Labute approximate surface area is 114 Å². The van der Waals surface area contributed by atoms with Crippen LogP contribution in [0.3, 0.4) is 0 Å². The van der Waals surface area contributed by atoms with Gasteiger partial charge in [0.15, 0.2) is 0 Å². The van der Waals surface area contributed by atoms with Crippen LogP contribution in [0, 0.1) is 5.92 Å². The zero-order chi connectivity index (χ0) is 13.1. The lowest BCUT2D eigenvalue weighted by Crippen LogP contribution is -2.42. The number of pyridine rings is 1. The van der Waals surface area contributed by atoms with E-state index in [2.05, 4.69) is 15.6 Å². The molecule has 4 nitrogen and oxygen atoms in total. The normalized spacial score (nSPS) is 29.8. The summed E-state index contributed by atoms with van der Waals surface area (Å²) >= 11 is 0. The van der Waals surface area contributed by atoms with Crippen LogP contribution in [0.1, 0.15) is 37.7 Å². The summed E-state index contributed by atoms with van der Waals surface area (Å²) in [6.07, 6.45) is 9.67. The van der Waals surface area contributed by atoms with Crippen LogP contribution >= 0.6 is 0 Å². The van der Waals surface area contributed by atoms with E-state index in [1.807, 2.05) is 12.1 Å². The summed E-state index contributed by atoms with van der Waals surface area (Å²) in [4.78, 5) is 16.1. The average molecular weight is 259 g/mol. The van der Waals surface area contributed by atoms with E-state index in [-0.39, 0.29) is 11.9 Å². The fourth-order valence-electron chi connectivity index (χ4n) is 3.33. The van der Waals surface area contributed by atoms with Crippen LogP contribution in [0.4, 0.5) is 0 Å². The lowest BCUT2D eigenvalue weighted by atomic mass is 9.85. The molecule has 2 aliphatic rings. The van der Waals surface area contributed by atoms with Crippen LogP contribution in [0.25, 0.3) is 0 Å². The van der Waals surface area contributed by atoms with E-state index in [1.165, 1.54) is 25.7 Å².